The average molecular weight is 212 g/mol. The Morgan fingerprint density at radius 1 is 1.00 bits per heavy atom. The lowest BCUT2D eigenvalue weighted by molar-refractivity contribution is 0.131. The van der Waals surface area contributed by atoms with Crippen LogP contribution in [0, 0.1) is 17.8 Å². The van der Waals surface area contributed by atoms with Gasteiger partial charge in [-0.2, -0.15) is 11.8 Å². The number of rotatable bonds is 2. The molecule has 0 spiro atoms. The second kappa shape index (κ2) is 4.92. The van der Waals surface area contributed by atoms with Crippen LogP contribution < -0.4 is 0 Å². The largest absolute Gasteiger partial charge is 0.162 e. The quantitative estimate of drug-likeness (QED) is 0.656. The van der Waals surface area contributed by atoms with Gasteiger partial charge in [0.2, 0.25) is 0 Å². The van der Waals surface area contributed by atoms with E-state index >= 15 is 0 Å². The van der Waals surface area contributed by atoms with Crippen LogP contribution in [0.15, 0.2) is 0 Å². The van der Waals surface area contributed by atoms with Crippen molar-refractivity contribution in [3.63, 3.8) is 0 Å². The molecule has 0 nitrogen and oxygen atoms in total. The van der Waals surface area contributed by atoms with Gasteiger partial charge in [0.15, 0.2) is 0 Å². The maximum atomic E-state index is 2.37. The molecule has 14 heavy (non-hydrogen) atoms. The van der Waals surface area contributed by atoms with Gasteiger partial charge in [0.25, 0.3) is 0 Å². The molecule has 0 bridgehead atoms. The van der Waals surface area contributed by atoms with Crippen molar-refractivity contribution in [2.45, 2.75) is 57.1 Å². The third-order valence-electron chi connectivity index (χ3n) is 4.58. The molecule has 4 unspecified atom stereocenters. The number of thioether (sulfide) groups is 1. The fourth-order valence-corrected chi connectivity index (χ4v) is 4.34. The van der Waals surface area contributed by atoms with Crippen molar-refractivity contribution < 1.29 is 0 Å². The first kappa shape index (κ1) is 10.9. The minimum Gasteiger partial charge on any atom is -0.162 e. The van der Waals surface area contributed by atoms with Crippen LogP contribution in [0.3, 0.4) is 0 Å². The Morgan fingerprint density at radius 2 is 1.71 bits per heavy atom. The summed E-state index contributed by atoms with van der Waals surface area (Å²) in [6.07, 6.45) is 12.9. The van der Waals surface area contributed by atoms with Gasteiger partial charge in [-0.25, -0.2) is 0 Å². The Kier molecular flexibility index (Phi) is 3.81. The third kappa shape index (κ3) is 2.29. The fourth-order valence-electron chi connectivity index (χ4n) is 3.53. The molecule has 0 aliphatic heterocycles. The lowest BCUT2D eigenvalue weighted by Crippen LogP contribution is -2.31. The van der Waals surface area contributed by atoms with E-state index in [1.807, 2.05) is 0 Å². The van der Waals surface area contributed by atoms with Crippen LogP contribution in [0.25, 0.3) is 0 Å². The Labute approximate surface area is 93.2 Å². The highest BCUT2D eigenvalue weighted by atomic mass is 32.2. The summed E-state index contributed by atoms with van der Waals surface area (Å²) >= 11 is 2.11. The van der Waals surface area contributed by atoms with Gasteiger partial charge in [-0.15, -0.1) is 0 Å². The Morgan fingerprint density at radius 3 is 2.43 bits per heavy atom. The zero-order chi connectivity index (χ0) is 9.97. The molecule has 0 heterocycles. The standard InChI is InChI=1S/C13H24S/c1-3-10-4-5-12-9-13(14-2)7-6-11(12)8-10/h10-13H,3-9H2,1-2H3. The molecule has 2 aliphatic rings. The van der Waals surface area contributed by atoms with Crippen LogP contribution in [0.4, 0.5) is 0 Å². The van der Waals surface area contributed by atoms with Crippen molar-refractivity contribution >= 4 is 11.8 Å². The van der Waals surface area contributed by atoms with Gasteiger partial charge < -0.3 is 0 Å². The highest BCUT2D eigenvalue weighted by molar-refractivity contribution is 7.99. The molecule has 0 radical (unpaired) electrons. The summed E-state index contributed by atoms with van der Waals surface area (Å²) in [6.45, 7) is 2.37. The molecule has 0 amide bonds. The van der Waals surface area contributed by atoms with Crippen molar-refractivity contribution in [2.75, 3.05) is 6.26 Å². The monoisotopic (exact) mass is 212 g/mol. The Bertz CT molecular complexity index is 158. The van der Waals surface area contributed by atoms with Gasteiger partial charge in [0.05, 0.1) is 0 Å². The highest BCUT2D eigenvalue weighted by Gasteiger charge is 2.34. The van der Waals surface area contributed by atoms with Gasteiger partial charge in [0, 0.05) is 5.25 Å². The summed E-state index contributed by atoms with van der Waals surface area (Å²) in [5.74, 6) is 3.28. The number of hydrogen-bond acceptors (Lipinski definition) is 1. The molecule has 82 valence electrons. The predicted molar refractivity (Wildman–Crippen MR) is 65.8 cm³/mol. The molecule has 0 aromatic rings. The molecule has 0 N–H and O–H groups in total. The first-order valence-electron chi connectivity index (χ1n) is 6.36. The van der Waals surface area contributed by atoms with Crippen molar-refractivity contribution in [2.24, 2.45) is 17.8 Å². The second-order valence-corrected chi connectivity index (χ2v) is 6.42. The topological polar surface area (TPSA) is 0 Å². The van der Waals surface area contributed by atoms with E-state index in [0.717, 1.165) is 23.0 Å². The smallest absolute Gasteiger partial charge is 0.00471 e. The molecule has 1 heteroatoms. The number of fused-ring (bicyclic) bond motifs is 1. The molecule has 0 aromatic carbocycles. The number of hydrogen-bond donors (Lipinski definition) is 0. The van der Waals surface area contributed by atoms with E-state index in [1.54, 1.807) is 12.8 Å². The maximum absolute atomic E-state index is 2.37. The summed E-state index contributed by atoms with van der Waals surface area (Å²) < 4.78 is 0. The van der Waals surface area contributed by atoms with Crippen LogP contribution in [-0.4, -0.2) is 11.5 Å². The second-order valence-electron chi connectivity index (χ2n) is 5.28. The van der Waals surface area contributed by atoms with Crippen molar-refractivity contribution in [3.05, 3.63) is 0 Å². The van der Waals surface area contributed by atoms with Gasteiger partial charge in [0.1, 0.15) is 0 Å². The van der Waals surface area contributed by atoms with Crippen LogP contribution in [0.1, 0.15) is 51.9 Å². The molecule has 0 saturated heterocycles. The maximum Gasteiger partial charge on any atom is 0.00471 e. The van der Waals surface area contributed by atoms with E-state index in [2.05, 4.69) is 24.9 Å². The van der Waals surface area contributed by atoms with Gasteiger partial charge in [-0.3, -0.25) is 0 Å². The zero-order valence-corrected chi connectivity index (χ0v) is 10.5. The molecule has 2 rings (SSSR count). The molecule has 2 aliphatic carbocycles. The molecular weight excluding hydrogens is 188 g/mol. The minimum atomic E-state index is 0.995. The molecule has 4 atom stereocenters. The summed E-state index contributed by atoms with van der Waals surface area (Å²) in [5, 5.41) is 0.995. The van der Waals surface area contributed by atoms with E-state index in [0.29, 0.717) is 0 Å². The highest BCUT2D eigenvalue weighted by Crippen LogP contribution is 2.45. The van der Waals surface area contributed by atoms with Crippen molar-refractivity contribution in [1.29, 1.82) is 0 Å². The summed E-state index contributed by atoms with van der Waals surface area (Å²) in [5.41, 5.74) is 0. The van der Waals surface area contributed by atoms with Gasteiger partial charge in [-0.1, -0.05) is 19.8 Å². The SMILES string of the molecule is CCC1CCC2CC(SC)CCC2C1. The summed E-state index contributed by atoms with van der Waals surface area (Å²) in [7, 11) is 0. The molecular formula is C13H24S. The fraction of sp³-hybridized carbons (Fsp3) is 1.00. The normalized spacial score (nSPS) is 43.3. The van der Waals surface area contributed by atoms with E-state index in [-0.39, 0.29) is 0 Å². The Hall–Kier alpha value is 0.350. The van der Waals surface area contributed by atoms with Crippen LogP contribution in [0.5, 0.6) is 0 Å². The van der Waals surface area contributed by atoms with E-state index in [4.69, 9.17) is 0 Å². The molecule has 2 saturated carbocycles. The van der Waals surface area contributed by atoms with Crippen LogP contribution in [0.2, 0.25) is 0 Å². The van der Waals surface area contributed by atoms with Gasteiger partial charge in [-0.05, 0) is 56.1 Å². The van der Waals surface area contributed by atoms with Crippen LogP contribution >= 0.6 is 11.8 Å². The zero-order valence-electron chi connectivity index (χ0n) is 9.67. The first-order chi connectivity index (χ1) is 6.83. The summed E-state index contributed by atoms with van der Waals surface area (Å²) in [6, 6.07) is 0. The summed E-state index contributed by atoms with van der Waals surface area (Å²) in [4.78, 5) is 0. The Balaban J connectivity index is 1.88. The predicted octanol–water partition coefficient (Wildman–Crippen LogP) is 4.34. The van der Waals surface area contributed by atoms with Crippen LogP contribution in [-0.2, 0) is 0 Å². The minimum absolute atomic E-state index is 0.995. The molecule has 0 aromatic heterocycles. The van der Waals surface area contributed by atoms with Crippen molar-refractivity contribution in [3.8, 4) is 0 Å². The molecule has 2 fully saturated rings. The van der Waals surface area contributed by atoms with Gasteiger partial charge >= 0.3 is 0 Å². The third-order valence-corrected chi connectivity index (χ3v) is 5.68. The van der Waals surface area contributed by atoms with E-state index in [1.165, 1.54) is 32.1 Å². The van der Waals surface area contributed by atoms with Crippen molar-refractivity contribution in [1.82, 2.24) is 0 Å². The first-order valence-corrected chi connectivity index (χ1v) is 7.65. The van der Waals surface area contributed by atoms with E-state index in [9.17, 15) is 0 Å². The average Bonchev–Trinajstić information content (AvgIpc) is 2.27. The van der Waals surface area contributed by atoms with E-state index < -0.39 is 0 Å². The lowest BCUT2D eigenvalue weighted by atomic mass is 9.67. The lowest BCUT2D eigenvalue weighted by Gasteiger charge is -2.41.